The fraction of sp³-hybridized carbons (Fsp3) is 0.571. The lowest BCUT2D eigenvalue weighted by Crippen LogP contribution is -2.48. The van der Waals surface area contributed by atoms with Gasteiger partial charge in [-0.2, -0.15) is 0 Å². The molecule has 0 aliphatic heterocycles. The summed E-state index contributed by atoms with van der Waals surface area (Å²) in [5.41, 5.74) is 0.897. The van der Waals surface area contributed by atoms with E-state index in [4.69, 9.17) is 23.2 Å². The fourth-order valence-electron chi connectivity index (χ4n) is 5.97. The van der Waals surface area contributed by atoms with Crippen LogP contribution in [0.4, 0.5) is 8.78 Å². The molecule has 200 valence electrons. The third kappa shape index (κ3) is 6.23. The lowest BCUT2D eigenvalue weighted by molar-refractivity contribution is 0.0421. The Balaban J connectivity index is 0.000000201. The Morgan fingerprint density at radius 2 is 1.14 bits per heavy atom. The van der Waals surface area contributed by atoms with E-state index in [2.05, 4.69) is 10.6 Å². The summed E-state index contributed by atoms with van der Waals surface area (Å²) in [5.74, 6) is -0.829. The van der Waals surface area contributed by atoms with Crippen LogP contribution in [0, 0.1) is 11.6 Å². The molecule has 8 heteroatoms. The van der Waals surface area contributed by atoms with Crippen molar-refractivity contribution in [1.82, 2.24) is 10.6 Å². The Hall–Kier alpha value is -1.28. The standard InChI is InChI=1S/2C14H19ClFNO/c2*1-17-9-14(7-3-2-4-13(14)18)10-5-6-11(15)12(16)8-10/h2*5-6,8,13,17-18H,2-4,7,9H2,1H3/t2*13-,14-/m10/s1. The van der Waals surface area contributed by atoms with Crippen LogP contribution in [0.2, 0.25) is 10.0 Å². The predicted octanol–water partition coefficient (Wildman–Crippen LogP) is 5.74. The van der Waals surface area contributed by atoms with Crippen LogP contribution in [0.3, 0.4) is 0 Å². The number of aliphatic hydroxyl groups excluding tert-OH is 2. The average Bonchev–Trinajstić information content (AvgIpc) is 2.86. The van der Waals surface area contributed by atoms with E-state index in [9.17, 15) is 19.0 Å². The molecule has 0 aromatic heterocycles. The first-order valence-electron chi connectivity index (χ1n) is 12.8. The van der Waals surface area contributed by atoms with Crippen molar-refractivity contribution in [1.29, 1.82) is 0 Å². The van der Waals surface area contributed by atoms with Crippen LogP contribution in [0.1, 0.15) is 62.5 Å². The van der Waals surface area contributed by atoms with E-state index in [1.807, 2.05) is 26.2 Å². The third-order valence-electron chi connectivity index (χ3n) is 7.95. The molecule has 2 aliphatic carbocycles. The van der Waals surface area contributed by atoms with Crippen molar-refractivity contribution < 1.29 is 19.0 Å². The number of likely N-dealkylation sites (N-methyl/N-ethyl adjacent to an activating group) is 2. The van der Waals surface area contributed by atoms with Crippen molar-refractivity contribution in [3.8, 4) is 0 Å². The molecule has 2 aromatic carbocycles. The molecule has 0 radical (unpaired) electrons. The molecule has 4 N–H and O–H groups in total. The van der Waals surface area contributed by atoms with Gasteiger partial charge in [-0.1, -0.05) is 61.0 Å². The van der Waals surface area contributed by atoms with E-state index in [-0.39, 0.29) is 10.0 Å². The number of benzene rings is 2. The van der Waals surface area contributed by atoms with Gasteiger partial charge in [0.2, 0.25) is 0 Å². The molecule has 0 amide bonds. The highest BCUT2D eigenvalue weighted by Crippen LogP contribution is 2.41. The van der Waals surface area contributed by atoms with E-state index in [1.54, 1.807) is 12.1 Å². The van der Waals surface area contributed by atoms with E-state index in [0.29, 0.717) is 13.1 Å². The van der Waals surface area contributed by atoms with Crippen LogP contribution in [0.5, 0.6) is 0 Å². The molecule has 0 spiro atoms. The first kappa shape index (κ1) is 29.3. The Labute approximate surface area is 223 Å². The second-order valence-electron chi connectivity index (χ2n) is 10.2. The smallest absolute Gasteiger partial charge is 0.142 e. The maximum atomic E-state index is 13.6. The van der Waals surface area contributed by atoms with Gasteiger partial charge in [-0.25, -0.2) is 8.78 Å². The first-order valence-corrected chi connectivity index (χ1v) is 13.5. The van der Waals surface area contributed by atoms with Crippen molar-refractivity contribution in [2.45, 2.75) is 74.4 Å². The van der Waals surface area contributed by atoms with Crippen molar-refractivity contribution in [3.63, 3.8) is 0 Å². The molecule has 4 nitrogen and oxygen atoms in total. The maximum Gasteiger partial charge on any atom is 0.142 e. The zero-order valence-electron chi connectivity index (χ0n) is 21.1. The Bertz CT molecular complexity index is 924. The first-order chi connectivity index (χ1) is 17.2. The topological polar surface area (TPSA) is 64.5 Å². The van der Waals surface area contributed by atoms with Crippen LogP contribution >= 0.6 is 23.2 Å². The van der Waals surface area contributed by atoms with Crippen LogP contribution < -0.4 is 10.6 Å². The summed E-state index contributed by atoms with van der Waals surface area (Å²) < 4.78 is 27.3. The predicted molar refractivity (Wildman–Crippen MR) is 143 cm³/mol. The second-order valence-corrected chi connectivity index (χ2v) is 11.0. The van der Waals surface area contributed by atoms with E-state index < -0.39 is 34.7 Å². The van der Waals surface area contributed by atoms with Crippen molar-refractivity contribution in [2.75, 3.05) is 27.2 Å². The Morgan fingerprint density at radius 3 is 1.44 bits per heavy atom. The summed E-state index contributed by atoms with van der Waals surface area (Å²) >= 11 is 11.5. The monoisotopic (exact) mass is 542 g/mol. The molecule has 4 atom stereocenters. The van der Waals surface area contributed by atoms with Gasteiger partial charge in [0.05, 0.1) is 22.3 Å². The molecule has 2 aliphatic rings. The minimum atomic E-state index is -0.431. The van der Waals surface area contributed by atoms with Gasteiger partial charge in [-0.15, -0.1) is 0 Å². The van der Waals surface area contributed by atoms with Gasteiger partial charge in [0.25, 0.3) is 0 Å². The van der Waals surface area contributed by atoms with Crippen LogP contribution in [-0.2, 0) is 10.8 Å². The number of halogens is 4. The van der Waals surface area contributed by atoms with Gasteiger partial charge in [-0.3, -0.25) is 0 Å². The summed E-state index contributed by atoms with van der Waals surface area (Å²) in [5, 5.41) is 27.2. The number of rotatable bonds is 6. The van der Waals surface area contributed by atoms with Gasteiger partial charge in [0, 0.05) is 23.9 Å². The quantitative estimate of drug-likeness (QED) is 0.375. The van der Waals surface area contributed by atoms with Crippen LogP contribution in [0.25, 0.3) is 0 Å². The molecule has 0 heterocycles. The second kappa shape index (κ2) is 13.0. The number of nitrogens with one attached hydrogen (secondary N) is 2. The summed E-state index contributed by atoms with van der Waals surface area (Å²) in [4.78, 5) is 0. The van der Waals surface area contributed by atoms with E-state index in [1.165, 1.54) is 12.1 Å². The van der Waals surface area contributed by atoms with E-state index in [0.717, 1.165) is 62.5 Å². The SMILES string of the molecule is CNC[C@@]1(c2ccc(Cl)c(F)c2)CCCC[C@H]1O.CNC[C@]1(c2ccc(Cl)c(F)c2)CCCC[C@@H]1O. The Morgan fingerprint density at radius 1 is 0.750 bits per heavy atom. The highest BCUT2D eigenvalue weighted by Gasteiger charge is 2.42. The van der Waals surface area contributed by atoms with Gasteiger partial charge >= 0.3 is 0 Å². The molecule has 36 heavy (non-hydrogen) atoms. The van der Waals surface area contributed by atoms with Crippen LogP contribution in [0.15, 0.2) is 36.4 Å². The summed E-state index contributed by atoms with van der Waals surface area (Å²) in [6.45, 7) is 1.30. The lowest BCUT2D eigenvalue weighted by Gasteiger charge is -2.42. The number of aliphatic hydroxyl groups is 2. The largest absolute Gasteiger partial charge is 0.392 e. The highest BCUT2D eigenvalue weighted by molar-refractivity contribution is 6.31. The summed E-state index contributed by atoms with van der Waals surface area (Å²) in [7, 11) is 3.71. The third-order valence-corrected chi connectivity index (χ3v) is 8.56. The fourth-order valence-corrected chi connectivity index (χ4v) is 6.21. The molecule has 0 bridgehead atoms. The Kier molecular flexibility index (Phi) is 10.6. The molecule has 4 rings (SSSR count). The van der Waals surface area contributed by atoms with Crippen molar-refractivity contribution >= 4 is 23.2 Å². The maximum absolute atomic E-state index is 13.6. The molecule has 2 fully saturated rings. The van der Waals surface area contributed by atoms with Gasteiger partial charge < -0.3 is 20.8 Å². The normalized spacial score (nSPS) is 28.3. The summed E-state index contributed by atoms with van der Waals surface area (Å²) in [6.07, 6.45) is 6.60. The zero-order chi connectivity index (χ0) is 26.3. The lowest BCUT2D eigenvalue weighted by atomic mass is 9.67. The minimum absolute atomic E-state index is 0.128. The number of hydrogen-bond donors (Lipinski definition) is 4. The van der Waals surface area contributed by atoms with Crippen LogP contribution in [-0.4, -0.2) is 49.6 Å². The van der Waals surface area contributed by atoms with Gasteiger partial charge in [-0.05, 0) is 75.2 Å². The molecular weight excluding hydrogens is 505 g/mol. The average molecular weight is 544 g/mol. The zero-order valence-corrected chi connectivity index (χ0v) is 22.6. The molecule has 2 aromatic rings. The number of hydrogen-bond acceptors (Lipinski definition) is 4. The molecule has 0 saturated heterocycles. The minimum Gasteiger partial charge on any atom is -0.392 e. The van der Waals surface area contributed by atoms with Crippen molar-refractivity contribution in [2.24, 2.45) is 0 Å². The molecule has 0 unspecified atom stereocenters. The highest BCUT2D eigenvalue weighted by atomic mass is 35.5. The summed E-state index contributed by atoms with van der Waals surface area (Å²) in [6, 6.07) is 9.74. The van der Waals surface area contributed by atoms with E-state index >= 15 is 0 Å². The molecule has 2 saturated carbocycles. The van der Waals surface area contributed by atoms with Crippen molar-refractivity contribution in [3.05, 3.63) is 69.2 Å². The van der Waals surface area contributed by atoms with Gasteiger partial charge in [0.15, 0.2) is 0 Å². The van der Waals surface area contributed by atoms with Gasteiger partial charge in [0.1, 0.15) is 11.6 Å². The molecular formula is C28H38Cl2F2N2O2.